The van der Waals surface area contributed by atoms with Gasteiger partial charge in [-0.05, 0) is 12.8 Å². The lowest BCUT2D eigenvalue weighted by atomic mass is 9.88. The van der Waals surface area contributed by atoms with Crippen LogP contribution in [0.3, 0.4) is 0 Å². The SMILES string of the molecule is CNC(=O)[C@H]1Cn2ccnc2C2(CCN(C(=O)NC3CCCC3)CC2)O1. The summed E-state index contributed by atoms with van der Waals surface area (Å²) in [5.74, 6) is 0.749. The van der Waals surface area contributed by atoms with Crippen molar-refractivity contribution in [2.24, 2.45) is 0 Å². The van der Waals surface area contributed by atoms with E-state index in [2.05, 4.69) is 15.6 Å². The molecule has 3 amide bonds. The van der Waals surface area contributed by atoms with Crippen LogP contribution in [0.5, 0.6) is 0 Å². The van der Waals surface area contributed by atoms with Crippen molar-refractivity contribution >= 4 is 11.9 Å². The summed E-state index contributed by atoms with van der Waals surface area (Å²) in [5, 5.41) is 5.83. The zero-order valence-corrected chi connectivity index (χ0v) is 15.2. The van der Waals surface area contributed by atoms with Crippen LogP contribution in [0.1, 0.15) is 44.3 Å². The Morgan fingerprint density at radius 1 is 1.27 bits per heavy atom. The summed E-state index contributed by atoms with van der Waals surface area (Å²) in [5.41, 5.74) is -0.594. The van der Waals surface area contributed by atoms with Crippen LogP contribution >= 0.6 is 0 Å². The molecular weight excluding hydrogens is 334 g/mol. The Labute approximate surface area is 153 Å². The molecule has 0 unspecified atom stereocenters. The molecule has 2 N–H and O–H groups in total. The maximum Gasteiger partial charge on any atom is 0.317 e. The number of carbonyl (C=O) groups excluding carboxylic acids is 2. The quantitative estimate of drug-likeness (QED) is 0.822. The van der Waals surface area contributed by atoms with Crippen LogP contribution in [0.25, 0.3) is 0 Å². The number of aromatic nitrogens is 2. The number of likely N-dealkylation sites (N-methyl/N-ethyl adjacent to an activating group) is 1. The number of likely N-dealkylation sites (tertiary alicyclic amines) is 1. The van der Waals surface area contributed by atoms with E-state index in [9.17, 15) is 9.59 Å². The standard InChI is InChI=1S/C18H27N5O3/c1-19-15(24)14-12-23-11-8-20-16(23)18(26-14)6-9-22(10-7-18)17(25)21-13-4-2-3-5-13/h8,11,13-14H,2-7,9-10,12H2,1H3,(H,19,24)(H,21,25)/t14-/m1/s1. The highest BCUT2D eigenvalue weighted by molar-refractivity contribution is 5.80. The summed E-state index contributed by atoms with van der Waals surface area (Å²) < 4.78 is 8.27. The molecule has 26 heavy (non-hydrogen) atoms. The van der Waals surface area contributed by atoms with E-state index in [-0.39, 0.29) is 11.9 Å². The van der Waals surface area contributed by atoms with Gasteiger partial charge in [-0.15, -0.1) is 0 Å². The van der Waals surface area contributed by atoms with Gasteiger partial charge in [-0.25, -0.2) is 9.78 Å². The molecule has 2 aliphatic heterocycles. The second-order valence-electron chi connectivity index (χ2n) is 7.54. The number of piperidine rings is 1. The first-order chi connectivity index (χ1) is 12.6. The van der Waals surface area contributed by atoms with Gasteiger partial charge in [0.1, 0.15) is 11.4 Å². The predicted octanol–water partition coefficient (Wildman–Crippen LogP) is 0.971. The Bertz CT molecular complexity index is 674. The highest BCUT2D eigenvalue weighted by Crippen LogP contribution is 2.40. The van der Waals surface area contributed by atoms with Gasteiger partial charge in [0.15, 0.2) is 6.10 Å². The zero-order valence-electron chi connectivity index (χ0n) is 15.2. The van der Waals surface area contributed by atoms with E-state index < -0.39 is 11.7 Å². The Morgan fingerprint density at radius 3 is 2.69 bits per heavy atom. The molecular formula is C18H27N5O3. The van der Waals surface area contributed by atoms with Crippen LogP contribution in [0.4, 0.5) is 4.79 Å². The minimum absolute atomic E-state index is 0.0220. The average molecular weight is 361 g/mol. The molecule has 1 aromatic rings. The Balaban J connectivity index is 1.45. The van der Waals surface area contributed by atoms with Crippen molar-refractivity contribution in [3.8, 4) is 0 Å². The number of imidazole rings is 1. The number of rotatable bonds is 2. The number of nitrogens with zero attached hydrogens (tertiary/aromatic N) is 3. The summed E-state index contributed by atoms with van der Waals surface area (Å²) in [4.78, 5) is 31.0. The summed E-state index contributed by atoms with van der Waals surface area (Å²) in [7, 11) is 1.62. The molecule has 3 heterocycles. The fourth-order valence-electron chi connectivity index (χ4n) is 4.44. The molecule has 3 aliphatic rings. The maximum absolute atomic E-state index is 12.5. The van der Waals surface area contributed by atoms with Gasteiger partial charge < -0.3 is 24.8 Å². The first kappa shape index (κ1) is 17.3. The van der Waals surface area contributed by atoms with Crippen LogP contribution < -0.4 is 10.6 Å². The van der Waals surface area contributed by atoms with Gasteiger partial charge in [-0.3, -0.25) is 4.79 Å². The van der Waals surface area contributed by atoms with Gasteiger partial charge >= 0.3 is 6.03 Å². The number of fused-ring (bicyclic) bond motifs is 2. The summed E-state index contributed by atoms with van der Waals surface area (Å²) in [6.45, 7) is 1.68. The Hall–Kier alpha value is -2.09. The molecule has 0 bridgehead atoms. The van der Waals surface area contributed by atoms with Gasteiger partial charge in [0, 0.05) is 51.4 Å². The highest BCUT2D eigenvalue weighted by atomic mass is 16.5. The predicted molar refractivity (Wildman–Crippen MR) is 94.4 cm³/mol. The number of hydrogen-bond acceptors (Lipinski definition) is 4. The number of carbonyl (C=O) groups is 2. The number of nitrogens with one attached hydrogen (secondary N) is 2. The summed E-state index contributed by atoms with van der Waals surface area (Å²) >= 11 is 0. The molecule has 8 heteroatoms. The fourth-order valence-corrected chi connectivity index (χ4v) is 4.44. The van der Waals surface area contributed by atoms with Gasteiger partial charge in [0.05, 0.1) is 6.54 Å². The third-order valence-corrected chi connectivity index (χ3v) is 5.93. The van der Waals surface area contributed by atoms with Crippen LogP contribution in [-0.2, 0) is 21.7 Å². The lowest BCUT2D eigenvalue weighted by molar-refractivity contribution is -0.171. The van der Waals surface area contributed by atoms with Crippen molar-refractivity contribution in [1.29, 1.82) is 0 Å². The minimum Gasteiger partial charge on any atom is -0.357 e. The Morgan fingerprint density at radius 2 is 2.00 bits per heavy atom. The van der Waals surface area contributed by atoms with E-state index in [1.54, 1.807) is 13.2 Å². The largest absolute Gasteiger partial charge is 0.357 e. The third-order valence-electron chi connectivity index (χ3n) is 5.93. The monoisotopic (exact) mass is 361 g/mol. The van der Waals surface area contributed by atoms with E-state index >= 15 is 0 Å². The summed E-state index contributed by atoms with van der Waals surface area (Å²) in [6.07, 6.45) is 8.99. The lowest BCUT2D eigenvalue weighted by Gasteiger charge is -2.45. The molecule has 0 radical (unpaired) electrons. The van der Waals surface area contributed by atoms with Gasteiger partial charge in [0.2, 0.25) is 0 Å². The zero-order chi connectivity index (χ0) is 18.1. The second-order valence-corrected chi connectivity index (χ2v) is 7.54. The molecule has 1 saturated carbocycles. The first-order valence-corrected chi connectivity index (χ1v) is 9.58. The molecule has 1 aromatic heterocycles. The number of ether oxygens (including phenoxy) is 1. The normalized spacial score (nSPS) is 25.1. The molecule has 1 atom stereocenters. The summed E-state index contributed by atoms with van der Waals surface area (Å²) in [6, 6.07) is 0.342. The van der Waals surface area contributed by atoms with Crippen molar-refractivity contribution < 1.29 is 14.3 Å². The number of amides is 3. The molecule has 142 valence electrons. The van der Waals surface area contributed by atoms with Gasteiger partial charge in [0.25, 0.3) is 5.91 Å². The van der Waals surface area contributed by atoms with E-state index in [0.29, 0.717) is 38.5 Å². The lowest BCUT2D eigenvalue weighted by Crippen LogP contribution is -2.56. The van der Waals surface area contributed by atoms with Crippen molar-refractivity contribution in [2.75, 3.05) is 20.1 Å². The molecule has 1 saturated heterocycles. The molecule has 1 aliphatic carbocycles. The number of urea groups is 1. The first-order valence-electron chi connectivity index (χ1n) is 9.58. The van der Waals surface area contributed by atoms with E-state index in [1.807, 2.05) is 15.7 Å². The van der Waals surface area contributed by atoms with E-state index in [0.717, 1.165) is 18.7 Å². The van der Waals surface area contributed by atoms with Crippen LogP contribution in [-0.4, -0.2) is 58.7 Å². The van der Waals surface area contributed by atoms with Gasteiger partial charge in [-0.1, -0.05) is 12.8 Å². The van der Waals surface area contributed by atoms with Crippen molar-refractivity contribution in [3.05, 3.63) is 18.2 Å². The average Bonchev–Trinajstić information content (AvgIpc) is 3.33. The Kier molecular flexibility index (Phi) is 4.60. The molecule has 1 spiro atoms. The highest BCUT2D eigenvalue weighted by Gasteiger charge is 2.47. The van der Waals surface area contributed by atoms with Crippen molar-refractivity contribution in [2.45, 2.75) is 62.8 Å². The molecule has 0 aromatic carbocycles. The molecule has 2 fully saturated rings. The topological polar surface area (TPSA) is 88.5 Å². The van der Waals surface area contributed by atoms with Gasteiger partial charge in [-0.2, -0.15) is 0 Å². The maximum atomic E-state index is 12.5. The molecule has 8 nitrogen and oxygen atoms in total. The number of hydrogen-bond donors (Lipinski definition) is 2. The van der Waals surface area contributed by atoms with E-state index in [4.69, 9.17) is 4.74 Å². The second kappa shape index (κ2) is 6.90. The van der Waals surface area contributed by atoms with E-state index in [1.165, 1.54) is 12.8 Å². The van der Waals surface area contributed by atoms with Crippen LogP contribution in [0.2, 0.25) is 0 Å². The fraction of sp³-hybridized carbons (Fsp3) is 0.722. The van der Waals surface area contributed by atoms with Crippen LogP contribution in [0, 0.1) is 0 Å². The molecule has 4 rings (SSSR count). The minimum atomic E-state index is -0.594. The third kappa shape index (κ3) is 3.06. The van der Waals surface area contributed by atoms with Crippen molar-refractivity contribution in [3.63, 3.8) is 0 Å². The smallest absolute Gasteiger partial charge is 0.317 e. The van der Waals surface area contributed by atoms with Crippen molar-refractivity contribution in [1.82, 2.24) is 25.1 Å². The van der Waals surface area contributed by atoms with Crippen LogP contribution in [0.15, 0.2) is 12.4 Å².